The summed E-state index contributed by atoms with van der Waals surface area (Å²) in [5, 5.41) is 21.6. The minimum Gasteiger partial charge on any atom is -0.463 e. The molecule has 1 heterocycles. The van der Waals surface area contributed by atoms with Gasteiger partial charge in [-0.2, -0.15) is 0 Å². The van der Waals surface area contributed by atoms with Gasteiger partial charge >= 0.3 is 0 Å². The van der Waals surface area contributed by atoms with Gasteiger partial charge < -0.3 is 13.9 Å². The van der Waals surface area contributed by atoms with Gasteiger partial charge in [-0.3, -0.25) is 30.0 Å². The predicted molar refractivity (Wildman–Crippen MR) is 168 cm³/mol. The molecule has 0 fully saturated rings. The van der Waals surface area contributed by atoms with Crippen LogP contribution in [0.1, 0.15) is 22.6 Å². The molecule has 11 heteroatoms. The van der Waals surface area contributed by atoms with Gasteiger partial charge in [-0.15, -0.1) is 0 Å². The van der Waals surface area contributed by atoms with Gasteiger partial charge in [-0.1, -0.05) is 24.3 Å². The number of nitro benzene ring substituents is 2. The van der Waals surface area contributed by atoms with Gasteiger partial charge in [-0.25, -0.2) is 0 Å². The van der Waals surface area contributed by atoms with E-state index in [1.54, 1.807) is 24.3 Å². The minimum absolute atomic E-state index is 0.0224. The van der Waals surface area contributed by atoms with Gasteiger partial charge in [0, 0.05) is 37.4 Å². The third kappa shape index (κ3) is 8.99. The molecule has 0 bridgehead atoms. The first-order valence-corrected chi connectivity index (χ1v) is 14.2. The first-order chi connectivity index (χ1) is 21.7. The summed E-state index contributed by atoms with van der Waals surface area (Å²) in [5.74, 6) is 4.14. The zero-order valence-electron chi connectivity index (χ0n) is 24.9. The van der Waals surface area contributed by atoms with Crippen molar-refractivity contribution in [1.82, 2.24) is 9.80 Å². The van der Waals surface area contributed by atoms with Gasteiger partial charge in [0.05, 0.1) is 22.9 Å². The fraction of sp³-hybridized carbons (Fsp3) is 0.176. The van der Waals surface area contributed by atoms with Crippen molar-refractivity contribution in [3.05, 3.63) is 152 Å². The summed E-state index contributed by atoms with van der Waals surface area (Å²) >= 11 is 0. The third-order valence-electron chi connectivity index (χ3n) is 6.89. The fourth-order valence-corrected chi connectivity index (χ4v) is 4.73. The van der Waals surface area contributed by atoms with Crippen LogP contribution in [-0.2, 0) is 26.2 Å². The summed E-state index contributed by atoms with van der Waals surface area (Å²) in [5.41, 5.74) is 2.27. The van der Waals surface area contributed by atoms with Crippen LogP contribution in [0.15, 0.2) is 114 Å². The van der Waals surface area contributed by atoms with Gasteiger partial charge in [-0.05, 0) is 85.9 Å². The van der Waals surface area contributed by atoms with E-state index in [4.69, 9.17) is 13.9 Å². The number of ether oxygens (including phenoxy) is 2. The molecule has 0 unspecified atom stereocenters. The van der Waals surface area contributed by atoms with E-state index >= 15 is 0 Å². The van der Waals surface area contributed by atoms with Crippen molar-refractivity contribution in [3.8, 4) is 23.0 Å². The SMILES string of the molecule is CN(Cc1ccc(Oc2ccc([N+](=O)[O-])cc2)cc1)Cc1ccc(CN(C)Cc2ccc(Oc3ccc([N+](=O)[O-])cc3)cc2)o1. The Balaban J connectivity index is 1.06. The minimum atomic E-state index is -0.440. The highest BCUT2D eigenvalue weighted by Crippen LogP contribution is 2.26. The van der Waals surface area contributed by atoms with E-state index in [1.807, 2.05) is 74.8 Å². The van der Waals surface area contributed by atoms with Crippen molar-refractivity contribution in [2.45, 2.75) is 26.2 Å². The van der Waals surface area contributed by atoms with Crippen molar-refractivity contribution in [1.29, 1.82) is 0 Å². The fourth-order valence-electron chi connectivity index (χ4n) is 4.73. The Morgan fingerprint density at radius 1 is 0.511 bits per heavy atom. The zero-order chi connectivity index (χ0) is 31.8. The molecule has 1 aromatic heterocycles. The number of furan rings is 1. The molecule has 0 amide bonds. The van der Waals surface area contributed by atoms with Crippen LogP contribution in [0, 0.1) is 20.2 Å². The second kappa shape index (κ2) is 14.3. The highest BCUT2D eigenvalue weighted by Gasteiger charge is 2.11. The molecule has 0 saturated heterocycles. The van der Waals surface area contributed by atoms with Crippen LogP contribution in [0.5, 0.6) is 23.0 Å². The summed E-state index contributed by atoms with van der Waals surface area (Å²) in [6.45, 7) is 2.75. The van der Waals surface area contributed by atoms with Crippen LogP contribution in [0.4, 0.5) is 11.4 Å². The number of non-ortho nitro benzene ring substituents is 2. The lowest BCUT2D eigenvalue weighted by molar-refractivity contribution is -0.385. The molecule has 0 N–H and O–H groups in total. The summed E-state index contributed by atoms with van der Waals surface area (Å²) in [6, 6.07) is 31.5. The van der Waals surface area contributed by atoms with Crippen LogP contribution in [0.25, 0.3) is 0 Å². The Morgan fingerprint density at radius 3 is 1.13 bits per heavy atom. The maximum absolute atomic E-state index is 10.8. The van der Waals surface area contributed by atoms with Crippen LogP contribution < -0.4 is 9.47 Å². The average molecular weight is 609 g/mol. The maximum atomic E-state index is 10.8. The van der Waals surface area contributed by atoms with E-state index in [2.05, 4.69) is 9.80 Å². The molecule has 0 aliphatic rings. The summed E-state index contributed by atoms with van der Waals surface area (Å²) in [4.78, 5) is 25.1. The average Bonchev–Trinajstić information content (AvgIpc) is 3.45. The topological polar surface area (TPSA) is 124 Å². The Morgan fingerprint density at radius 2 is 0.822 bits per heavy atom. The maximum Gasteiger partial charge on any atom is 0.269 e. The molecule has 230 valence electrons. The molecule has 0 saturated carbocycles. The molecule has 4 aromatic carbocycles. The summed E-state index contributed by atoms with van der Waals surface area (Å²) < 4.78 is 17.7. The monoisotopic (exact) mass is 608 g/mol. The number of nitro groups is 2. The molecular weight excluding hydrogens is 576 g/mol. The smallest absolute Gasteiger partial charge is 0.269 e. The molecule has 5 rings (SSSR count). The Labute approximate surface area is 260 Å². The number of hydrogen-bond donors (Lipinski definition) is 0. The van der Waals surface area contributed by atoms with Crippen LogP contribution in [-0.4, -0.2) is 33.7 Å². The van der Waals surface area contributed by atoms with E-state index in [0.717, 1.165) is 35.7 Å². The highest BCUT2D eigenvalue weighted by atomic mass is 16.6. The van der Waals surface area contributed by atoms with Gasteiger partial charge in [0.25, 0.3) is 11.4 Å². The molecule has 45 heavy (non-hydrogen) atoms. The van der Waals surface area contributed by atoms with Crippen LogP contribution in [0.2, 0.25) is 0 Å². The lowest BCUT2D eigenvalue weighted by Crippen LogP contribution is -2.17. The highest BCUT2D eigenvalue weighted by molar-refractivity contribution is 5.40. The summed E-state index contributed by atoms with van der Waals surface area (Å²) in [7, 11) is 4.06. The molecular formula is C34H32N4O7. The van der Waals surface area contributed by atoms with E-state index in [0.29, 0.717) is 36.1 Å². The van der Waals surface area contributed by atoms with Crippen molar-refractivity contribution in [3.63, 3.8) is 0 Å². The van der Waals surface area contributed by atoms with E-state index < -0.39 is 9.85 Å². The zero-order valence-corrected chi connectivity index (χ0v) is 24.9. The lowest BCUT2D eigenvalue weighted by Gasteiger charge is -2.17. The molecule has 11 nitrogen and oxygen atoms in total. The van der Waals surface area contributed by atoms with Crippen molar-refractivity contribution in [2.24, 2.45) is 0 Å². The third-order valence-corrected chi connectivity index (χ3v) is 6.89. The first kappa shape index (κ1) is 30.9. The molecule has 0 aliphatic carbocycles. The molecule has 0 atom stereocenters. The second-order valence-electron chi connectivity index (χ2n) is 10.7. The van der Waals surface area contributed by atoms with Crippen molar-refractivity contribution < 1.29 is 23.7 Å². The standard InChI is InChI=1S/C34H32N4O7/c1-35(21-25-3-11-29(12-4-25)43-31-15-7-27(8-16-31)37(39)40)23-33-19-20-34(45-33)24-36(2)22-26-5-13-30(14-6-26)44-32-17-9-28(10-18-32)38(41)42/h3-20H,21-24H2,1-2H3. The Hall–Kier alpha value is -5.52. The van der Waals surface area contributed by atoms with Crippen molar-refractivity contribution in [2.75, 3.05) is 14.1 Å². The molecule has 0 aliphatic heterocycles. The molecule has 0 radical (unpaired) electrons. The van der Waals surface area contributed by atoms with Crippen LogP contribution >= 0.6 is 0 Å². The van der Waals surface area contributed by atoms with Crippen molar-refractivity contribution >= 4 is 11.4 Å². The van der Waals surface area contributed by atoms with Crippen LogP contribution in [0.3, 0.4) is 0 Å². The number of nitrogens with zero attached hydrogens (tertiary/aromatic N) is 4. The number of rotatable bonds is 14. The quantitative estimate of drug-likeness (QED) is 0.0912. The molecule has 0 spiro atoms. The van der Waals surface area contributed by atoms with E-state index in [9.17, 15) is 20.2 Å². The number of hydrogen-bond acceptors (Lipinski definition) is 9. The largest absolute Gasteiger partial charge is 0.463 e. The predicted octanol–water partition coefficient (Wildman–Crippen LogP) is 7.94. The normalized spacial score (nSPS) is 11.1. The summed E-state index contributed by atoms with van der Waals surface area (Å²) in [6.07, 6.45) is 0. The first-order valence-electron chi connectivity index (χ1n) is 14.2. The molecule has 5 aromatic rings. The van der Waals surface area contributed by atoms with Gasteiger partial charge in [0.15, 0.2) is 0 Å². The van der Waals surface area contributed by atoms with Gasteiger partial charge in [0.1, 0.15) is 34.5 Å². The Bertz CT molecular complexity index is 1590. The Kier molecular flexibility index (Phi) is 9.83. The second-order valence-corrected chi connectivity index (χ2v) is 10.7. The lowest BCUT2D eigenvalue weighted by atomic mass is 10.2. The van der Waals surface area contributed by atoms with E-state index in [1.165, 1.54) is 24.3 Å². The number of benzene rings is 4. The van der Waals surface area contributed by atoms with Gasteiger partial charge in [0.2, 0.25) is 0 Å². The van der Waals surface area contributed by atoms with E-state index in [-0.39, 0.29) is 11.4 Å².